The number of phenolic OH excluding ortho intramolecular Hbond substituents is 1. The number of aromatic amines is 1. The van der Waals surface area contributed by atoms with Gasteiger partial charge in [-0.2, -0.15) is 5.10 Å². The molecular formula is C18H19N7O3. The molecule has 0 bridgehead atoms. The molecule has 0 unspecified atom stereocenters. The van der Waals surface area contributed by atoms with Crippen LogP contribution in [0.15, 0.2) is 30.6 Å². The molecule has 1 amide bonds. The molecule has 0 atom stereocenters. The van der Waals surface area contributed by atoms with E-state index >= 15 is 0 Å². The minimum absolute atomic E-state index is 0.178. The van der Waals surface area contributed by atoms with Gasteiger partial charge in [-0.3, -0.25) is 0 Å². The van der Waals surface area contributed by atoms with Crippen LogP contribution < -0.4 is 11.5 Å². The van der Waals surface area contributed by atoms with Gasteiger partial charge in [0.15, 0.2) is 5.65 Å². The summed E-state index contributed by atoms with van der Waals surface area (Å²) in [6, 6.07) is 7.04. The summed E-state index contributed by atoms with van der Waals surface area (Å²) in [5, 5.41) is 16.0. The van der Waals surface area contributed by atoms with E-state index in [4.69, 9.17) is 16.2 Å². The van der Waals surface area contributed by atoms with E-state index in [9.17, 15) is 9.90 Å². The number of H-pyrrole nitrogens is 1. The number of hydrogen-bond donors (Lipinski definition) is 4. The fourth-order valence-corrected chi connectivity index (χ4v) is 3.15. The average molecular weight is 381 g/mol. The van der Waals surface area contributed by atoms with Gasteiger partial charge >= 0.3 is 6.09 Å². The number of amides is 1. The predicted octanol–water partition coefficient (Wildman–Crippen LogP) is 2.14. The zero-order valence-electron chi connectivity index (χ0n) is 14.9. The molecule has 10 nitrogen and oxygen atoms in total. The number of fused-ring (bicyclic) bond motifs is 2. The van der Waals surface area contributed by atoms with Gasteiger partial charge in [-0.05, 0) is 31.0 Å². The smallest absolute Gasteiger partial charge is 0.404 e. The Bertz CT molecular complexity index is 1160. The Hall–Kier alpha value is -3.82. The first-order valence-electron chi connectivity index (χ1n) is 8.74. The maximum absolute atomic E-state index is 10.6. The molecule has 4 rings (SSSR count). The van der Waals surface area contributed by atoms with E-state index in [1.54, 1.807) is 16.8 Å². The summed E-state index contributed by atoms with van der Waals surface area (Å²) in [6.07, 6.45) is 1.98. The average Bonchev–Trinajstić information content (AvgIpc) is 3.23. The van der Waals surface area contributed by atoms with Gasteiger partial charge in [-0.25, -0.2) is 19.4 Å². The van der Waals surface area contributed by atoms with Gasteiger partial charge in [-0.1, -0.05) is 0 Å². The van der Waals surface area contributed by atoms with E-state index in [-0.39, 0.29) is 12.4 Å². The standard InChI is InChI=1S/C18H19N7O3/c19-16-14-15(13-7-10-3-4-11(26)8-12(10)23-13)24-25(17(14)22-9-21-16)5-1-2-6-28-18(20)27/h3-4,7-9,23,26H,1-2,5-6H2,(H2,20,27)(H2,19,21,22). The fourth-order valence-electron chi connectivity index (χ4n) is 3.15. The van der Waals surface area contributed by atoms with Crippen molar-refractivity contribution in [3.05, 3.63) is 30.6 Å². The number of nitrogens with one attached hydrogen (secondary N) is 1. The summed E-state index contributed by atoms with van der Waals surface area (Å²) in [6.45, 7) is 0.820. The molecule has 3 aromatic heterocycles. The molecule has 144 valence electrons. The second-order valence-electron chi connectivity index (χ2n) is 6.36. The van der Waals surface area contributed by atoms with Crippen molar-refractivity contribution < 1.29 is 14.6 Å². The Morgan fingerprint density at radius 1 is 1.25 bits per heavy atom. The van der Waals surface area contributed by atoms with Crippen molar-refractivity contribution in [3.8, 4) is 17.1 Å². The number of nitrogens with two attached hydrogens (primary N) is 2. The van der Waals surface area contributed by atoms with Gasteiger partial charge in [0.05, 0.1) is 17.7 Å². The fraction of sp³-hybridized carbons (Fsp3) is 0.222. The third kappa shape index (κ3) is 3.27. The number of unbranched alkanes of at least 4 members (excludes halogenated alkanes) is 1. The Morgan fingerprint density at radius 2 is 2.11 bits per heavy atom. The first-order valence-corrected chi connectivity index (χ1v) is 8.74. The van der Waals surface area contributed by atoms with Crippen LogP contribution in [-0.2, 0) is 11.3 Å². The lowest BCUT2D eigenvalue weighted by Crippen LogP contribution is -2.14. The van der Waals surface area contributed by atoms with Crippen LogP contribution in [0.1, 0.15) is 12.8 Å². The van der Waals surface area contributed by atoms with Crippen molar-refractivity contribution >= 4 is 33.8 Å². The molecule has 10 heteroatoms. The van der Waals surface area contributed by atoms with E-state index in [1.165, 1.54) is 6.33 Å². The molecule has 0 fully saturated rings. The summed E-state index contributed by atoms with van der Waals surface area (Å²) >= 11 is 0. The molecule has 28 heavy (non-hydrogen) atoms. The van der Waals surface area contributed by atoms with Crippen molar-refractivity contribution in [2.45, 2.75) is 19.4 Å². The van der Waals surface area contributed by atoms with Crippen LogP contribution in [0.5, 0.6) is 5.75 Å². The quantitative estimate of drug-likeness (QED) is 0.372. The summed E-state index contributed by atoms with van der Waals surface area (Å²) in [4.78, 5) is 22.3. The first-order chi connectivity index (χ1) is 13.5. The number of aryl methyl sites for hydroxylation is 1. The highest BCUT2D eigenvalue weighted by atomic mass is 16.5. The first kappa shape index (κ1) is 17.6. The number of aromatic hydroxyl groups is 1. The van der Waals surface area contributed by atoms with Crippen molar-refractivity contribution in [2.75, 3.05) is 12.3 Å². The molecule has 0 saturated heterocycles. The number of nitrogen functional groups attached to an aromatic ring is 1. The molecule has 0 aliphatic heterocycles. The Morgan fingerprint density at radius 3 is 2.93 bits per heavy atom. The molecule has 3 heterocycles. The normalized spacial score (nSPS) is 11.3. The van der Waals surface area contributed by atoms with E-state index in [0.717, 1.165) is 16.6 Å². The number of hydrogen-bond acceptors (Lipinski definition) is 7. The number of anilines is 1. The van der Waals surface area contributed by atoms with E-state index in [0.29, 0.717) is 41.9 Å². The Labute approximate surface area is 159 Å². The lowest BCUT2D eigenvalue weighted by Gasteiger charge is -2.03. The minimum atomic E-state index is -0.780. The summed E-state index contributed by atoms with van der Waals surface area (Å²) in [5.74, 6) is 0.516. The molecule has 6 N–H and O–H groups in total. The van der Waals surface area contributed by atoms with Crippen LogP contribution in [0, 0.1) is 0 Å². The summed E-state index contributed by atoms with van der Waals surface area (Å²) < 4.78 is 6.50. The number of aromatic nitrogens is 5. The Kier molecular flexibility index (Phi) is 4.44. The lowest BCUT2D eigenvalue weighted by molar-refractivity contribution is 0.154. The molecule has 0 aliphatic rings. The van der Waals surface area contributed by atoms with Crippen molar-refractivity contribution in [3.63, 3.8) is 0 Å². The van der Waals surface area contributed by atoms with Gasteiger partial charge < -0.3 is 26.3 Å². The monoisotopic (exact) mass is 381 g/mol. The molecule has 0 radical (unpaired) electrons. The van der Waals surface area contributed by atoms with Gasteiger partial charge in [0.1, 0.15) is 23.6 Å². The highest BCUT2D eigenvalue weighted by Crippen LogP contribution is 2.32. The van der Waals surface area contributed by atoms with Crippen LogP contribution in [0.3, 0.4) is 0 Å². The third-order valence-electron chi connectivity index (χ3n) is 4.43. The minimum Gasteiger partial charge on any atom is -0.508 e. The van der Waals surface area contributed by atoms with E-state index in [1.807, 2.05) is 12.1 Å². The highest BCUT2D eigenvalue weighted by molar-refractivity contribution is 5.99. The van der Waals surface area contributed by atoms with Crippen molar-refractivity contribution in [1.82, 2.24) is 24.7 Å². The number of phenols is 1. The van der Waals surface area contributed by atoms with E-state index < -0.39 is 6.09 Å². The third-order valence-corrected chi connectivity index (χ3v) is 4.43. The largest absolute Gasteiger partial charge is 0.508 e. The molecule has 0 spiro atoms. The predicted molar refractivity (Wildman–Crippen MR) is 103 cm³/mol. The number of primary amides is 1. The molecule has 4 aromatic rings. The van der Waals surface area contributed by atoms with Crippen LogP contribution in [-0.4, -0.2) is 42.5 Å². The highest BCUT2D eigenvalue weighted by Gasteiger charge is 2.18. The number of nitrogens with zero attached hydrogens (tertiary/aromatic N) is 4. The lowest BCUT2D eigenvalue weighted by atomic mass is 10.2. The number of ether oxygens (including phenoxy) is 1. The molecule has 0 saturated carbocycles. The van der Waals surface area contributed by atoms with Gasteiger partial charge in [0, 0.05) is 23.5 Å². The van der Waals surface area contributed by atoms with Crippen LogP contribution >= 0.6 is 0 Å². The number of carbonyl (C=O) groups excluding carboxylic acids is 1. The van der Waals surface area contributed by atoms with Crippen LogP contribution in [0.2, 0.25) is 0 Å². The maximum atomic E-state index is 10.6. The molecular weight excluding hydrogens is 362 g/mol. The van der Waals surface area contributed by atoms with Crippen LogP contribution in [0.25, 0.3) is 33.3 Å². The van der Waals surface area contributed by atoms with Gasteiger partial charge in [0.2, 0.25) is 0 Å². The number of rotatable bonds is 6. The van der Waals surface area contributed by atoms with Gasteiger partial charge in [0.25, 0.3) is 0 Å². The maximum Gasteiger partial charge on any atom is 0.404 e. The van der Waals surface area contributed by atoms with Gasteiger partial charge in [-0.15, -0.1) is 0 Å². The van der Waals surface area contributed by atoms with E-state index in [2.05, 4.69) is 20.1 Å². The number of carbonyl (C=O) groups is 1. The zero-order valence-corrected chi connectivity index (χ0v) is 14.9. The SMILES string of the molecule is NC(=O)OCCCCn1nc(-c2cc3ccc(O)cc3[nH]2)c2c(N)ncnc21. The zero-order chi connectivity index (χ0) is 19.7. The second-order valence-corrected chi connectivity index (χ2v) is 6.36. The molecule has 1 aromatic carbocycles. The Balaban J connectivity index is 1.68. The molecule has 0 aliphatic carbocycles. The van der Waals surface area contributed by atoms with Crippen molar-refractivity contribution in [1.29, 1.82) is 0 Å². The summed E-state index contributed by atoms with van der Waals surface area (Å²) in [5.41, 5.74) is 13.9. The topological polar surface area (TPSA) is 158 Å². The van der Waals surface area contributed by atoms with Crippen molar-refractivity contribution in [2.24, 2.45) is 5.73 Å². The number of benzene rings is 1. The second kappa shape index (κ2) is 7.06. The van der Waals surface area contributed by atoms with Crippen LogP contribution in [0.4, 0.5) is 10.6 Å². The summed E-state index contributed by atoms with van der Waals surface area (Å²) in [7, 11) is 0.